The first-order chi connectivity index (χ1) is 17.5. The first-order valence-corrected chi connectivity index (χ1v) is 11.2. The summed E-state index contributed by atoms with van der Waals surface area (Å²) in [5.41, 5.74) is 4.31. The van der Waals surface area contributed by atoms with Gasteiger partial charge in [0.05, 0.1) is 34.5 Å². The van der Waals surface area contributed by atoms with Crippen molar-refractivity contribution in [1.82, 2.24) is 4.57 Å². The predicted octanol–water partition coefficient (Wildman–Crippen LogP) is 7.51. The van der Waals surface area contributed by atoms with Crippen molar-refractivity contribution in [2.24, 2.45) is 0 Å². The molecule has 0 aliphatic rings. The molecule has 2 N–H and O–H groups in total. The second-order valence-electron chi connectivity index (χ2n) is 8.36. The molecule has 0 radical (unpaired) electrons. The summed E-state index contributed by atoms with van der Waals surface area (Å²) in [5.74, 6) is -1.48. The standard InChI is InChI=1S/C27H16ClF5N2O2/c28-20-3-1-2-15-9-23(35(26(36)25(15)20)12-16-4-6-18(29)11-21(16)30)24-10-17(13-37-24)14-5-7-22(34)19(8-14)27(31,32)33/h1-11,13H,12,34H2. The van der Waals surface area contributed by atoms with Crippen molar-refractivity contribution in [3.63, 3.8) is 0 Å². The SMILES string of the molecule is Nc1ccc(-c2coc(-c3cc4cccc(Cl)c4c(=O)n3Cc3ccc(F)cc3F)c2)cc1C(F)(F)F. The Labute approximate surface area is 211 Å². The van der Waals surface area contributed by atoms with E-state index >= 15 is 0 Å². The fraction of sp³-hybridized carbons (Fsp3) is 0.0741. The quantitative estimate of drug-likeness (QED) is 0.193. The first kappa shape index (κ1) is 24.6. The molecule has 4 nitrogen and oxygen atoms in total. The van der Waals surface area contributed by atoms with Gasteiger partial charge in [0.15, 0.2) is 5.76 Å². The number of furan rings is 1. The topological polar surface area (TPSA) is 61.2 Å². The Morgan fingerprint density at radius 3 is 2.46 bits per heavy atom. The van der Waals surface area contributed by atoms with E-state index in [4.69, 9.17) is 21.8 Å². The molecule has 3 aromatic carbocycles. The van der Waals surface area contributed by atoms with Crippen LogP contribution in [0.2, 0.25) is 5.02 Å². The minimum absolute atomic E-state index is 0.0382. The maximum Gasteiger partial charge on any atom is 0.418 e. The number of nitrogens with two attached hydrogens (primary N) is 1. The van der Waals surface area contributed by atoms with Gasteiger partial charge in [0, 0.05) is 22.9 Å². The summed E-state index contributed by atoms with van der Waals surface area (Å²) in [6.45, 7) is -0.280. The van der Waals surface area contributed by atoms with Crippen LogP contribution in [0.15, 0.2) is 82.2 Å². The Hall–Kier alpha value is -4.11. The largest absolute Gasteiger partial charge is 0.462 e. The summed E-state index contributed by atoms with van der Waals surface area (Å²) >= 11 is 6.27. The average Bonchev–Trinajstić information content (AvgIpc) is 3.32. The molecule has 0 aliphatic carbocycles. The van der Waals surface area contributed by atoms with Gasteiger partial charge in [0.25, 0.3) is 5.56 Å². The zero-order chi connectivity index (χ0) is 26.5. The smallest absolute Gasteiger partial charge is 0.418 e. The Balaban J connectivity index is 1.68. The fourth-order valence-electron chi connectivity index (χ4n) is 4.14. The number of alkyl halides is 3. The van der Waals surface area contributed by atoms with Crippen molar-refractivity contribution < 1.29 is 26.4 Å². The number of halogens is 6. The van der Waals surface area contributed by atoms with E-state index in [2.05, 4.69) is 0 Å². The van der Waals surface area contributed by atoms with Gasteiger partial charge in [-0.25, -0.2) is 8.78 Å². The van der Waals surface area contributed by atoms with Gasteiger partial charge in [0.2, 0.25) is 0 Å². The number of hydrogen-bond donors (Lipinski definition) is 1. The molecular formula is C27H16ClF5N2O2. The predicted molar refractivity (Wildman–Crippen MR) is 131 cm³/mol. The Kier molecular flexibility index (Phi) is 6.03. The van der Waals surface area contributed by atoms with Crippen molar-refractivity contribution in [3.8, 4) is 22.6 Å². The number of nitrogen functional groups attached to an aromatic ring is 1. The van der Waals surface area contributed by atoms with Gasteiger partial charge in [-0.3, -0.25) is 4.79 Å². The molecule has 0 spiro atoms. The second kappa shape index (κ2) is 9.08. The summed E-state index contributed by atoms with van der Waals surface area (Å²) in [6, 6.07) is 14.4. The molecule has 37 heavy (non-hydrogen) atoms. The number of aromatic nitrogens is 1. The average molecular weight is 531 g/mol. The van der Waals surface area contributed by atoms with Crippen LogP contribution in [0.25, 0.3) is 33.4 Å². The molecule has 0 saturated heterocycles. The summed E-state index contributed by atoms with van der Waals surface area (Å²) in [6.07, 6.45) is -3.40. The Bertz CT molecular complexity index is 1720. The number of anilines is 1. The number of hydrogen-bond acceptors (Lipinski definition) is 3. The molecule has 2 aromatic heterocycles. The van der Waals surface area contributed by atoms with Crippen LogP contribution in [0.4, 0.5) is 27.6 Å². The summed E-state index contributed by atoms with van der Waals surface area (Å²) in [4.78, 5) is 13.5. The van der Waals surface area contributed by atoms with Gasteiger partial charge in [-0.15, -0.1) is 0 Å². The molecule has 5 aromatic rings. The zero-order valence-electron chi connectivity index (χ0n) is 18.7. The van der Waals surface area contributed by atoms with E-state index in [0.717, 1.165) is 18.2 Å². The molecule has 0 amide bonds. The Morgan fingerprint density at radius 1 is 0.946 bits per heavy atom. The molecule has 0 bridgehead atoms. The van der Waals surface area contributed by atoms with E-state index in [1.807, 2.05) is 0 Å². The van der Waals surface area contributed by atoms with Gasteiger partial charge < -0.3 is 14.7 Å². The minimum atomic E-state index is -4.65. The molecule has 188 valence electrons. The van der Waals surface area contributed by atoms with E-state index in [9.17, 15) is 26.7 Å². The van der Waals surface area contributed by atoms with Gasteiger partial charge >= 0.3 is 6.18 Å². The number of fused-ring (bicyclic) bond motifs is 1. The normalized spacial score (nSPS) is 11.8. The maximum absolute atomic E-state index is 14.5. The summed E-state index contributed by atoms with van der Waals surface area (Å²) in [5, 5.41) is 0.854. The van der Waals surface area contributed by atoms with E-state index in [1.54, 1.807) is 18.2 Å². The van der Waals surface area contributed by atoms with Crippen LogP contribution < -0.4 is 11.3 Å². The number of pyridine rings is 1. The first-order valence-electron chi connectivity index (χ1n) is 10.8. The zero-order valence-corrected chi connectivity index (χ0v) is 19.5. The van der Waals surface area contributed by atoms with Crippen LogP contribution in [0.5, 0.6) is 0 Å². The van der Waals surface area contributed by atoms with E-state index in [1.165, 1.54) is 35.1 Å². The van der Waals surface area contributed by atoms with Gasteiger partial charge in [-0.2, -0.15) is 13.2 Å². The molecule has 0 unspecified atom stereocenters. The van der Waals surface area contributed by atoms with Crippen LogP contribution in [-0.2, 0) is 12.7 Å². The third-order valence-electron chi connectivity index (χ3n) is 5.98. The lowest BCUT2D eigenvalue weighted by atomic mass is 10.0. The van der Waals surface area contributed by atoms with Gasteiger partial charge in [0.1, 0.15) is 11.6 Å². The summed E-state index contributed by atoms with van der Waals surface area (Å²) in [7, 11) is 0. The number of rotatable bonds is 4. The van der Waals surface area contributed by atoms with Gasteiger partial charge in [-0.05, 0) is 47.3 Å². The molecule has 10 heteroatoms. The van der Waals surface area contributed by atoms with Gasteiger partial charge in [-0.1, -0.05) is 35.9 Å². The van der Waals surface area contributed by atoms with Crippen LogP contribution in [-0.4, -0.2) is 4.57 Å². The third kappa shape index (κ3) is 4.58. The lowest BCUT2D eigenvalue weighted by molar-refractivity contribution is -0.136. The molecule has 0 atom stereocenters. The third-order valence-corrected chi connectivity index (χ3v) is 6.29. The van der Waals surface area contributed by atoms with Crippen molar-refractivity contribution in [2.75, 3.05) is 5.73 Å². The molecule has 0 saturated carbocycles. The van der Waals surface area contributed by atoms with Crippen molar-refractivity contribution in [2.45, 2.75) is 12.7 Å². The lowest BCUT2D eigenvalue weighted by Crippen LogP contribution is -2.23. The number of nitrogens with zero attached hydrogens (tertiary/aromatic N) is 1. The lowest BCUT2D eigenvalue weighted by Gasteiger charge is -2.14. The molecule has 5 rings (SSSR count). The van der Waals surface area contributed by atoms with E-state index in [0.29, 0.717) is 17.0 Å². The highest BCUT2D eigenvalue weighted by atomic mass is 35.5. The van der Waals surface area contributed by atoms with Crippen LogP contribution in [0.1, 0.15) is 11.1 Å². The minimum Gasteiger partial charge on any atom is -0.462 e. The Morgan fingerprint density at radius 2 is 1.73 bits per heavy atom. The van der Waals surface area contributed by atoms with Crippen LogP contribution >= 0.6 is 11.6 Å². The highest BCUT2D eigenvalue weighted by Gasteiger charge is 2.33. The van der Waals surface area contributed by atoms with Crippen molar-refractivity contribution in [3.05, 3.63) is 111 Å². The van der Waals surface area contributed by atoms with Crippen molar-refractivity contribution in [1.29, 1.82) is 0 Å². The van der Waals surface area contributed by atoms with E-state index in [-0.39, 0.29) is 39.5 Å². The highest BCUT2D eigenvalue weighted by Crippen LogP contribution is 2.38. The molecule has 0 aliphatic heterocycles. The van der Waals surface area contributed by atoms with E-state index < -0.39 is 34.6 Å². The van der Waals surface area contributed by atoms with Crippen molar-refractivity contribution >= 4 is 28.1 Å². The molecule has 2 heterocycles. The second-order valence-corrected chi connectivity index (χ2v) is 8.77. The molecular weight excluding hydrogens is 515 g/mol. The monoisotopic (exact) mass is 530 g/mol. The van der Waals surface area contributed by atoms with Crippen LogP contribution in [0.3, 0.4) is 0 Å². The summed E-state index contributed by atoms with van der Waals surface area (Å²) < 4.78 is 74.9. The highest BCUT2D eigenvalue weighted by molar-refractivity contribution is 6.35. The molecule has 0 fully saturated rings. The van der Waals surface area contributed by atoms with Crippen LogP contribution in [0, 0.1) is 11.6 Å². The maximum atomic E-state index is 14.5. The number of benzene rings is 3. The fourth-order valence-corrected chi connectivity index (χ4v) is 4.40.